The zero-order valence-electron chi connectivity index (χ0n) is 10.5. The van der Waals surface area contributed by atoms with Gasteiger partial charge in [0, 0.05) is 12.8 Å². The SMILES string of the molecule is CC(C)(C)OC(=O)COC1CC(OC(F)(F)F)C1. The Labute approximate surface area is 103 Å². The van der Waals surface area contributed by atoms with E-state index in [-0.39, 0.29) is 25.6 Å². The van der Waals surface area contributed by atoms with Crippen LogP contribution in [0.4, 0.5) is 13.2 Å². The van der Waals surface area contributed by atoms with Crippen molar-refractivity contribution in [1.29, 1.82) is 0 Å². The van der Waals surface area contributed by atoms with E-state index in [0.717, 1.165) is 0 Å². The standard InChI is InChI=1S/C11H17F3O4/c1-10(2,3)18-9(15)6-16-7-4-8(5-7)17-11(12,13)14/h7-8H,4-6H2,1-3H3. The van der Waals surface area contributed by atoms with Gasteiger partial charge in [0.1, 0.15) is 12.2 Å². The number of carbonyl (C=O) groups is 1. The zero-order chi connectivity index (χ0) is 14.0. The van der Waals surface area contributed by atoms with Crippen molar-refractivity contribution in [2.75, 3.05) is 6.61 Å². The van der Waals surface area contributed by atoms with Crippen molar-refractivity contribution in [3.8, 4) is 0 Å². The number of esters is 1. The first-order valence-corrected chi connectivity index (χ1v) is 5.63. The Kier molecular flexibility index (Phi) is 4.61. The average Bonchev–Trinajstić information content (AvgIpc) is 2.03. The fraction of sp³-hybridized carbons (Fsp3) is 0.909. The van der Waals surface area contributed by atoms with Crippen LogP contribution < -0.4 is 0 Å². The summed E-state index contributed by atoms with van der Waals surface area (Å²) in [6.45, 7) is 4.92. The fourth-order valence-corrected chi connectivity index (χ4v) is 1.50. The minimum absolute atomic E-state index is 0.141. The summed E-state index contributed by atoms with van der Waals surface area (Å²) in [5, 5.41) is 0. The summed E-state index contributed by atoms with van der Waals surface area (Å²) in [7, 11) is 0. The molecule has 0 aliphatic heterocycles. The highest BCUT2D eigenvalue weighted by molar-refractivity contribution is 5.71. The molecular formula is C11H17F3O4. The quantitative estimate of drug-likeness (QED) is 0.736. The van der Waals surface area contributed by atoms with E-state index in [1.165, 1.54) is 0 Å². The van der Waals surface area contributed by atoms with Crippen LogP contribution in [0.2, 0.25) is 0 Å². The van der Waals surface area contributed by atoms with E-state index < -0.39 is 24.0 Å². The van der Waals surface area contributed by atoms with Crippen LogP contribution in [0.1, 0.15) is 33.6 Å². The van der Waals surface area contributed by atoms with Crippen molar-refractivity contribution in [2.24, 2.45) is 0 Å². The van der Waals surface area contributed by atoms with Gasteiger partial charge in [-0.05, 0) is 20.8 Å². The van der Waals surface area contributed by atoms with Crippen LogP contribution in [-0.4, -0.2) is 36.7 Å². The molecule has 1 rings (SSSR count). The third-order valence-electron chi connectivity index (χ3n) is 2.21. The molecule has 1 fully saturated rings. The van der Waals surface area contributed by atoms with Crippen LogP contribution >= 0.6 is 0 Å². The number of hydrogen-bond acceptors (Lipinski definition) is 4. The molecule has 0 N–H and O–H groups in total. The molecular weight excluding hydrogens is 253 g/mol. The van der Waals surface area contributed by atoms with Gasteiger partial charge in [-0.15, -0.1) is 13.2 Å². The summed E-state index contributed by atoms with van der Waals surface area (Å²) in [6, 6.07) is 0. The molecule has 0 aromatic rings. The van der Waals surface area contributed by atoms with Gasteiger partial charge in [0.2, 0.25) is 0 Å². The van der Waals surface area contributed by atoms with Crippen LogP contribution in [0.5, 0.6) is 0 Å². The maximum atomic E-state index is 11.8. The summed E-state index contributed by atoms with van der Waals surface area (Å²) in [5.74, 6) is -0.525. The van der Waals surface area contributed by atoms with Gasteiger partial charge in [0.15, 0.2) is 0 Å². The number of carbonyl (C=O) groups excluding carboxylic acids is 1. The summed E-state index contributed by atoms with van der Waals surface area (Å²) in [4.78, 5) is 11.3. The first-order valence-electron chi connectivity index (χ1n) is 5.63. The van der Waals surface area contributed by atoms with E-state index in [0.29, 0.717) is 0 Å². The lowest BCUT2D eigenvalue weighted by atomic mass is 9.92. The van der Waals surface area contributed by atoms with Gasteiger partial charge in [-0.25, -0.2) is 4.79 Å². The van der Waals surface area contributed by atoms with Gasteiger partial charge in [-0.3, -0.25) is 4.74 Å². The molecule has 18 heavy (non-hydrogen) atoms. The third-order valence-corrected chi connectivity index (χ3v) is 2.21. The van der Waals surface area contributed by atoms with Crippen LogP contribution in [0.25, 0.3) is 0 Å². The number of ether oxygens (including phenoxy) is 3. The summed E-state index contributed by atoms with van der Waals surface area (Å²) in [6.07, 6.45) is -5.57. The average molecular weight is 270 g/mol. The van der Waals surface area contributed by atoms with Gasteiger partial charge in [-0.2, -0.15) is 0 Å². The Hall–Kier alpha value is -0.820. The smallest absolute Gasteiger partial charge is 0.458 e. The second-order valence-corrected chi connectivity index (χ2v) is 5.18. The minimum Gasteiger partial charge on any atom is -0.458 e. The molecule has 106 valence electrons. The van der Waals surface area contributed by atoms with Crippen molar-refractivity contribution in [3.05, 3.63) is 0 Å². The molecule has 0 aromatic carbocycles. The molecule has 7 heteroatoms. The van der Waals surface area contributed by atoms with Crippen molar-refractivity contribution in [1.82, 2.24) is 0 Å². The van der Waals surface area contributed by atoms with Crippen LogP contribution in [0.15, 0.2) is 0 Å². The van der Waals surface area contributed by atoms with Gasteiger partial charge in [-0.1, -0.05) is 0 Å². The Morgan fingerprint density at radius 1 is 1.17 bits per heavy atom. The molecule has 0 unspecified atom stereocenters. The van der Waals surface area contributed by atoms with Gasteiger partial charge >= 0.3 is 12.3 Å². The lowest BCUT2D eigenvalue weighted by Crippen LogP contribution is -2.41. The predicted molar refractivity (Wildman–Crippen MR) is 55.7 cm³/mol. The van der Waals surface area contributed by atoms with Gasteiger partial charge < -0.3 is 9.47 Å². The summed E-state index contributed by atoms with van der Waals surface area (Å²) in [5.41, 5.74) is -0.595. The molecule has 0 atom stereocenters. The molecule has 0 saturated heterocycles. The molecule has 1 saturated carbocycles. The topological polar surface area (TPSA) is 44.8 Å². The van der Waals surface area contributed by atoms with Crippen LogP contribution in [-0.2, 0) is 19.0 Å². The predicted octanol–water partition coefficient (Wildman–Crippen LogP) is 2.41. The van der Waals surface area contributed by atoms with E-state index >= 15 is 0 Å². The highest BCUT2D eigenvalue weighted by Crippen LogP contribution is 2.32. The van der Waals surface area contributed by atoms with Crippen molar-refractivity contribution in [2.45, 2.75) is 57.8 Å². The van der Waals surface area contributed by atoms with E-state index in [9.17, 15) is 18.0 Å². The van der Waals surface area contributed by atoms with Crippen molar-refractivity contribution < 1.29 is 32.2 Å². The molecule has 0 spiro atoms. The number of hydrogen-bond donors (Lipinski definition) is 0. The van der Waals surface area contributed by atoms with Crippen molar-refractivity contribution in [3.63, 3.8) is 0 Å². The largest absolute Gasteiger partial charge is 0.522 e. The Morgan fingerprint density at radius 3 is 2.17 bits per heavy atom. The molecule has 0 bridgehead atoms. The van der Waals surface area contributed by atoms with Gasteiger partial charge in [0.05, 0.1) is 12.2 Å². The van der Waals surface area contributed by atoms with E-state index in [4.69, 9.17) is 9.47 Å². The zero-order valence-corrected chi connectivity index (χ0v) is 10.5. The van der Waals surface area contributed by atoms with Gasteiger partial charge in [0.25, 0.3) is 0 Å². The first kappa shape index (κ1) is 15.2. The van der Waals surface area contributed by atoms with E-state index in [1.54, 1.807) is 20.8 Å². The Morgan fingerprint density at radius 2 is 1.72 bits per heavy atom. The lowest BCUT2D eigenvalue weighted by molar-refractivity contribution is -0.357. The molecule has 0 radical (unpaired) electrons. The third kappa shape index (κ3) is 6.20. The molecule has 0 amide bonds. The molecule has 4 nitrogen and oxygen atoms in total. The highest BCUT2D eigenvalue weighted by Gasteiger charge is 2.40. The second-order valence-electron chi connectivity index (χ2n) is 5.18. The fourth-order valence-electron chi connectivity index (χ4n) is 1.50. The van der Waals surface area contributed by atoms with E-state index in [1.807, 2.05) is 0 Å². The number of rotatable bonds is 4. The lowest BCUT2D eigenvalue weighted by Gasteiger charge is -2.34. The number of alkyl halides is 3. The first-order chi connectivity index (χ1) is 8.05. The minimum atomic E-state index is -4.61. The van der Waals surface area contributed by atoms with Crippen LogP contribution in [0.3, 0.4) is 0 Å². The molecule has 1 aliphatic rings. The normalized spacial score (nSPS) is 24.6. The van der Waals surface area contributed by atoms with Crippen molar-refractivity contribution >= 4 is 5.97 Å². The molecule has 0 heterocycles. The Bertz CT molecular complexity index is 290. The van der Waals surface area contributed by atoms with E-state index in [2.05, 4.69) is 4.74 Å². The monoisotopic (exact) mass is 270 g/mol. The van der Waals surface area contributed by atoms with Crippen LogP contribution in [0, 0.1) is 0 Å². The second kappa shape index (κ2) is 5.44. The highest BCUT2D eigenvalue weighted by atomic mass is 19.4. The molecule has 0 aromatic heterocycles. The summed E-state index contributed by atoms with van der Waals surface area (Å²) >= 11 is 0. The Balaban J connectivity index is 2.12. The number of halogens is 3. The summed E-state index contributed by atoms with van der Waals surface area (Å²) < 4.78 is 49.3. The molecule has 1 aliphatic carbocycles. The maximum absolute atomic E-state index is 11.8. The maximum Gasteiger partial charge on any atom is 0.522 e.